The fourth-order valence-corrected chi connectivity index (χ4v) is 3.20. The zero-order valence-electron chi connectivity index (χ0n) is 15.2. The van der Waals surface area contributed by atoms with Crippen LogP contribution in [0.1, 0.15) is 17.9 Å². The molecule has 0 saturated heterocycles. The number of aryl methyl sites for hydroxylation is 1. The van der Waals surface area contributed by atoms with Gasteiger partial charge >= 0.3 is 0 Å². The van der Waals surface area contributed by atoms with Crippen molar-refractivity contribution < 1.29 is 13.6 Å². The van der Waals surface area contributed by atoms with E-state index >= 15 is 0 Å². The van der Waals surface area contributed by atoms with Crippen LogP contribution in [0, 0.1) is 5.82 Å². The molecule has 0 unspecified atom stereocenters. The number of aromatic nitrogens is 2. The summed E-state index contributed by atoms with van der Waals surface area (Å²) in [6.45, 7) is 0.562. The van der Waals surface area contributed by atoms with E-state index in [1.807, 2.05) is 24.4 Å². The summed E-state index contributed by atoms with van der Waals surface area (Å²) in [5.41, 5.74) is 2.64. The second kappa shape index (κ2) is 8.08. The molecule has 0 spiro atoms. The molecule has 0 aliphatic heterocycles. The third-order valence-electron chi connectivity index (χ3n) is 4.65. The summed E-state index contributed by atoms with van der Waals surface area (Å²) in [4.78, 5) is 19.5. The van der Waals surface area contributed by atoms with Crippen molar-refractivity contribution in [1.29, 1.82) is 0 Å². The highest BCUT2D eigenvalue weighted by Gasteiger charge is 2.12. The van der Waals surface area contributed by atoms with E-state index in [4.69, 9.17) is 4.42 Å². The van der Waals surface area contributed by atoms with Crippen LogP contribution in [0.2, 0.25) is 0 Å². The van der Waals surface area contributed by atoms with Crippen molar-refractivity contribution in [2.75, 3.05) is 6.54 Å². The first-order valence-corrected chi connectivity index (χ1v) is 9.22. The van der Waals surface area contributed by atoms with Crippen LogP contribution in [-0.4, -0.2) is 22.4 Å². The lowest BCUT2D eigenvalue weighted by molar-refractivity contribution is -0.121. The first-order valence-electron chi connectivity index (χ1n) is 9.22. The number of aromatic amines is 1. The van der Waals surface area contributed by atoms with Crippen LogP contribution in [0.3, 0.4) is 0 Å². The standard InChI is InChI=1S/C22H20FN3O2/c23-18-7-3-1-6-17(18)20-14-26-22(28-20)10-9-21(27)24-12-11-15-13-25-19-8-4-2-5-16(15)19/h1-8,13-14,25H,9-12H2,(H,24,27). The maximum Gasteiger partial charge on any atom is 0.220 e. The van der Waals surface area contributed by atoms with Gasteiger partial charge < -0.3 is 14.7 Å². The van der Waals surface area contributed by atoms with Crippen molar-refractivity contribution in [1.82, 2.24) is 15.3 Å². The van der Waals surface area contributed by atoms with Gasteiger partial charge in [0, 0.05) is 36.5 Å². The molecule has 0 atom stereocenters. The molecule has 2 heterocycles. The summed E-state index contributed by atoms with van der Waals surface area (Å²) in [6, 6.07) is 14.5. The minimum Gasteiger partial charge on any atom is -0.441 e. The number of benzene rings is 2. The molecule has 0 bridgehead atoms. The number of oxazole rings is 1. The van der Waals surface area contributed by atoms with Crippen LogP contribution in [-0.2, 0) is 17.6 Å². The van der Waals surface area contributed by atoms with Gasteiger partial charge in [-0.1, -0.05) is 30.3 Å². The Morgan fingerprint density at radius 2 is 1.93 bits per heavy atom. The molecule has 2 aromatic heterocycles. The lowest BCUT2D eigenvalue weighted by Gasteiger charge is -2.04. The molecule has 28 heavy (non-hydrogen) atoms. The molecule has 5 nitrogen and oxygen atoms in total. The highest BCUT2D eigenvalue weighted by atomic mass is 19.1. The van der Waals surface area contributed by atoms with E-state index in [1.54, 1.807) is 18.2 Å². The highest BCUT2D eigenvalue weighted by Crippen LogP contribution is 2.23. The Hall–Kier alpha value is -3.41. The Morgan fingerprint density at radius 1 is 1.11 bits per heavy atom. The van der Waals surface area contributed by atoms with E-state index in [2.05, 4.69) is 21.4 Å². The van der Waals surface area contributed by atoms with Gasteiger partial charge in [-0.15, -0.1) is 0 Å². The van der Waals surface area contributed by atoms with Gasteiger partial charge in [0.15, 0.2) is 11.7 Å². The average Bonchev–Trinajstić information content (AvgIpc) is 3.34. The number of nitrogens with zero attached hydrogens (tertiary/aromatic N) is 1. The van der Waals surface area contributed by atoms with E-state index in [-0.39, 0.29) is 18.1 Å². The zero-order chi connectivity index (χ0) is 19.3. The van der Waals surface area contributed by atoms with Crippen LogP contribution in [0.4, 0.5) is 4.39 Å². The van der Waals surface area contributed by atoms with Gasteiger partial charge in [-0.2, -0.15) is 0 Å². The lowest BCUT2D eigenvalue weighted by Crippen LogP contribution is -2.25. The summed E-state index contributed by atoms with van der Waals surface area (Å²) in [6.07, 6.45) is 4.86. The predicted molar refractivity (Wildman–Crippen MR) is 105 cm³/mol. The molecule has 2 N–H and O–H groups in total. The van der Waals surface area contributed by atoms with Crippen LogP contribution >= 0.6 is 0 Å². The number of nitrogens with one attached hydrogen (secondary N) is 2. The third-order valence-corrected chi connectivity index (χ3v) is 4.65. The first-order chi connectivity index (χ1) is 13.7. The Labute approximate surface area is 161 Å². The third kappa shape index (κ3) is 3.96. The molecule has 0 radical (unpaired) electrons. The van der Waals surface area contributed by atoms with Crippen LogP contribution in [0.5, 0.6) is 0 Å². The molecular weight excluding hydrogens is 357 g/mol. The van der Waals surface area contributed by atoms with Gasteiger partial charge in [0.05, 0.1) is 11.8 Å². The maximum atomic E-state index is 13.8. The number of H-pyrrole nitrogens is 1. The van der Waals surface area contributed by atoms with E-state index in [9.17, 15) is 9.18 Å². The molecule has 0 saturated carbocycles. The Morgan fingerprint density at radius 3 is 2.82 bits per heavy atom. The number of amides is 1. The molecule has 4 rings (SSSR count). The fourth-order valence-electron chi connectivity index (χ4n) is 3.20. The largest absolute Gasteiger partial charge is 0.441 e. The van der Waals surface area contributed by atoms with Crippen LogP contribution in [0.25, 0.3) is 22.2 Å². The quantitative estimate of drug-likeness (QED) is 0.506. The van der Waals surface area contributed by atoms with Gasteiger partial charge in [0.25, 0.3) is 0 Å². The maximum absolute atomic E-state index is 13.8. The highest BCUT2D eigenvalue weighted by molar-refractivity contribution is 5.83. The van der Waals surface area contributed by atoms with Crippen LogP contribution in [0.15, 0.2) is 65.3 Å². The molecule has 2 aromatic carbocycles. The molecule has 0 aliphatic rings. The smallest absolute Gasteiger partial charge is 0.220 e. The van der Waals surface area contributed by atoms with Gasteiger partial charge in [-0.3, -0.25) is 4.79 Å². The van der Waals surface area contributed by atoms with E-state index in [0.29, 0.717) is 30.2 Å². The van der Waals surface area contributed by atoms with E-state index < -0.39 is 0 Å². The summed E-state index contributed by atoms with van der Waals surface area (Å²) in [5.74, 6) is 0.364. The number of hydrogen-bond acceptors (Lipinski definition) is 3. The van der Waals surface area contributed by atoms with E-state index in [0.717, 1.165) is 11.9 Å². The van der Waals surface area contributed by atoms with Crippen molar-refractivity contribution in [2.24, 2.45) is 0 Å². The Bertz CT molecular complexity index is 1100. The lowest BCUT2D eigenvalue weighted by atomic mass is 10.1. The average molecular weight is 377 g/mol. The van der Waals surface area contributed by atoms with Gasteiger partial charge in [-0.25, -0.2) is 9.37 Å². The number of halogens is 1. The molecule has 1 amide bonds. The van der Waals surface area contributed by atoms with Crippen molar-refractivity contribution >= 4 is 16.8 Å². The summed E-state index contributed by atoms with van der Waals surface area (Å²) in [7, 11) is 0. The molecule has 4 aromatic rings. The number of fused-ring (bicyclic) bond motifs is 1. The van der Waals surface area contributed by atoms with Crippen molar-refractivity contribution in [3.05, 3.63) is 78.2 Å². The number of carbonyl (C=O) groups excluding carboxylic acids is 1. The molecule has 0 aliphatic carbocycles. The molecule has 6 heteroatoms. The SMILES string of the molecule is O=C(CCc1ncc(-c2ccccc2F)o1)NCCc1c[nH]c2ccccc12. The monoisotopic (exact) mass is 377 g/mol. The predicted octanol–water partition coefficient (Wildman–Crippen LogP) is 4.25. The Kier molecular flexibility index (Phi) is 5.19. The summed E-state index contributed by atoms with van der Waals surface area (Å²) < 4.78 is 19.4. The van der Waals surface area contributed by atoms with Gasteiger partial charge in [-0.05, 0) is 30.2 Å². The Balaban J connectivity index is 1.26. The first kappa shape index (κ1) is 18.0. The summed E-state index contributed by atoms with van der Waals surface area (Å²) >= 11 is 0. The van der Waals surface area contributed by atoms with Crippen molar-refractivity contribution in [2.45, 2.75) is 19.3 Å². The second-order valence-corrected chi connectivity index (χ2v) is 6.56. The van der Waals surface area contributed by atoms with Crippen molar-refractivity contribution in [3.63, 3.8) is 0 Å². The number of carbonyl (C=O) groups is 1. The zero-order valence-corrected chi connectivity index (χ0v) is 15.2. The van der Waals surface area contributed by atoms with Gasteiger partial charge in [0.2, 0.25) is 5.91 Å². The molecule has 142 valence electrons. The van der Waals surface area contributed by atoms with Crippen LogP contribution < -0.4 is 5.32 Å². The number of hydrogen-bond donors (Lipinski definition) is 2. The normalized spacial score (nSPS) is 11.0. The minimum atomic E-state index is -0.361. The molecule has 0 fully saturated rings. The molecular formula is C22H20FN3O2. The topological polar surface area (TPSA) is 70.9 Å². The second-order valence-electron chi connectivity index (χ2n) is 6.56. The van der Waals surface area contributed by atoms with Gasteiger partial charge in [0.1, 0.15) is 5.82 Å². The van der Waals surface area contributed by atoms with Crippen molar-refractivity contribution in [3.8, 4) is 11.3 Å². The fraction of sp³-hybridized carbons (Fsp3) is 0.182. The van der Waals surface area contributed by atoms with E-state index in [1.165, 1.54) is 23.2 Å². The summed E-state index contributed by atoms with van der Waals surface area (Å²) in [5, 5.41) is 4.10. The minimum absolute atomic E-state index is 0.0644. The number of para-hydroxylation sites is 1. The number of rotatable bonds is 7.